The number of pyridine rings is 1. The topological polar surface area (TPSA) is 69.3 Å². The van der Waals surface area contributed by atoms with Gasteiger partial charge in [-0.3, -0.25) is 20.6 Å². The summed E-state index contributed by atoms with van der Waals surface area (Å²) < 4.78 is 13.7. The maximum absolute atomic E-state index is 13.7. The molecule has 2 aliphatic rings. The number of aromatic nitrogens is 1. The van der Waals surface area contributed by atoms with Crippen molar-refractivity contribution in [3.8, 4) is 0 Å². The fraction of sp³-hybridized carbons (Fsp3) is 0.538. The van der Waals surface area contributed by atoms with Crippen molar-refractivity contribution >= 4 is 5.91 Å². The number of rotatable bonds is 6. The number of nitrogens with zero attached hydrogens (tertiary/aromatic N) is 2. The highest BCUT2D eigenvalue weighted by molar-refractivity contribution is 5.94. The Bertz CT molecular complexity index is 932. The number of likely N-dealkylation sites (tertiary alicyclic amines) is 1. The molecule has 4 unspecified atom stereocenters. The van der Waals surface area contributed by atoms with E-state index < -0.39 is 5.82 Å². The monoisotopic (exact) mass is 453 g/mol. The molecule has 2 aromatic rings. The van der Waals surface area contributed by atoms with E-state index in [0.29, 0.717) is 17.5 Å². The SMILES string of the molecule is CC(C)(C)C1NNCC1CN1CCCC(C(NC(=O)c2cccc(F)c2)c2ccccn2)C1. The van der Waals surface area contributed by atoms with Crippen molar-refractivity contribution in [2.75, 3.05) is 26.2 Å². The average molecular weight is 454 g/mol. The molecule has 0 radical (unpaired) electrons. The molecule has 0 saturated carbocycles. The van der Waals surface area contributed by atoms with Gasteiger partial charge in [0.2, 0.25) is 0 Å². The third kappa shape index (κ3) is 5.96. The number of carbonyl (C=O) groups is 1. The first-order valence-electron chi connectivity index (χ1n) is 12.0. The van der Waals surface area contributed by atoms with Gasteiger partial charge in [-0.1, -0.05) is 32.9 Å². The number of hydrogen-bond acceptors (Lipinski definition) is 5. The lowest BCUT2D eigenvalue weighted by molar-refractivity contribution is 0.0850. The van der Waals surface area contributed by atoms with Crippen LogP contribution in [-0.2, 0) is 0 Å². The molecule has 7 heteroatoms. The molecule has 0 aliphatic carbocycles. The first-order valence-corrected chi connectivity index (χ1v) is 12.0. The van der Waals surface area contributed by atoms with Crippen LogP contribution in [0, 0.1) is 23.1 Å². The minimum Gasteiger partial charge on any atom is -0.343 e. The Balaban J connectivity index is 1.49. The third-order valence-corrected chi connectivity index (χ3v) is 6.91. The summed E-state index contributed by atoms with van der Waals surface area (Å²) in [6.45, 7) is 10.8. The van der Waals surface area contributed by atoms with Crippen LogP contribution in [0.1, 0.15) is 55.7 Å². The van der Waals surface area contributed by atoms with Gasteiger partial charge < -0.3 is 10.2 Å². The van der Waals surface area contributed by atoms with Crippen LogP contribution in [0.5, 0.6) is 0 Å². The number of hydrazine groups is 1. The van der Waals surface area contributed by atoms with Crippen LogP contribution < -0.4 is 16.2 Å². The van der Waals surface area contributed by atoms with Gasteiger partial charge in [-0.15, -0.1) is 0 Å². The molecular formula is C26H36FN5O. The summed E-state index contributed by atoms with van der Waals surface area (Å²) in [5.41, 5.74) is 8.19. The first-order chi connectivity index (χ1) is 15.8. The fourth-order valence-electron chi connectivity index (χ4n) is 5.34. The molecule has 6 nitrogen and oxygen atoms in total. The van der Waals surface area contributed by atoms with Crippen molar-refractivity contribution in [1.82, 2.24) is 26.1 Å². The highest BCUT2D eigenvalue weighted by Gasteiger charge is 2.38. The number of piperidine rings is 1. The zero-order valence-corrected chi connectivity index (χ0v) is 19.9. The van der Waals surface area contributed by atoms with E-state index in [1.54, 1.807) is 18.3 Å². The van der Waals surface area contributed by atoms with E-state index in [1.165, 1.54) is 12.1 Å². The Hall–Kier alpha value is -2.35. The van der Waals surface area contributed by atoms with Crippen molar-refractivity contribution < 1.29 is 9.18 Å². The lowest BCUT2D eigenvalue weighted by Gasteiger charge is -2.40. The smallest absolute Gasteiger partial charge is 0.251 e. The molecule has 2 fully saturated rings. The van der Waals surface area contributed by atoms with E-state index in [4.69, 9.17) is 0 Å². The van der Waals surface area contributed by atoms with Gasteiger partial charge in [-0.2, -0.15) is 0 Å². The summed E-state index contributed by atoms with van der Waals surface area (Å²) in [6, 6.07) is 11.8. The number of halogens is 1. The molecule has 1 aromatic carbocycles. The van der Waals surface area contributed by atoms with Gasteiger partial charge in [-0.25, -0.2) is 4.39 Å². The predicted octanol–water partition coefficient (Wildman–Crippen LogP) is 3.54. The van der Waals surface area contributed by atoms with E-state index in [9.17, 15) is 9.18 Å². The van der Waals surface area contributed by atoms with Crippen LogP contribution in [0.2, 0.25) is 0 Å². The lowest BCUT2D eigenvalue weighted by atomic mass is 9.79. The normalized spacial score (nSPS) is 25.0. The van der Waals surface area contributed by atoms with Crippen molar-refractivity contribution in [3.63, 3.8) is 0 Å². The van der Waals surface area contributed by atoms with Gasteiger partial charge in [-0.05, 0) is 61.1 Å². The van der Waals surface area contributed by atoms with Crippen LogP contribution in [0.25, 0.3) is 0 Å². The molecule has 3 heterocycles. The van der Waals surface area contributed by atoms with Gasteiger partial charge in [0.1, 0.15) is 5.82 Å². The zero-order chi connectivity index (χ0) is 23.4. The Morgan fingerprint density at radius 3 is 2.85 bits per heavy atom. The molecule has 2 aliphatic heterocycles. The van der Waals surface area contributed by atoms with Crippen molar-refractivity contribution in [3.05, 3.63) is 65.7 Å². The maximum Gasteiger partial charge on any atom is 0.251 e. The molecule has 178 valence electrons. The Morgan fingerprint density at radius 2 is 2.12 bits per heavy atom. The van der Waals surface area contributed by atoms with Crippen molar-refractivity contribution in [2.45, 2.75) is 45.7 Å². The number of benzene rings is 1. The Labute approximate surface area is 196 Å². The minimum absolute atomic E-state index is 0.179. The number of carbonyl (C=O) groups excluding carboxylic acids is 1. The van der Waals surface area contributed by atoms with Crippen LogP contribution in [0.4, 0.5) is 4.39 Å². The molecule has 4 atom stereocenters. The molecule has 33 heavy (non-hydrogen) atoms. The molecule has 0 spiro atoms. The van der Waals surface area contributed by atoms with Crippen LogP contribution in [0.15, 0.2) is 48.7 Å². The highest BCUT2D eigenvalue weighted by atomic mass is 19.1. The second-order valence-corrected chi connectivity index (χ2v) is 10.5. The van der Waals surface area contributed by atoms with Gasteiger partial charge in [0.05, 0.1) is 11.7 Å². The summed E-state index contributed by atoms with van der Waals surface area (Å²) >= 11 is 0. The van der Waals surface area contributed by atoms with Gasteiger partial charge in [0.25, 0.3) is 5.91 Å². The maximum atomic E-state index is 13.7. The standard InChI is InChI=1S/C26H36FN5O/c1-26(2,3)24-20(15-29-31-24)17-32-13-7-9-19(16-32)23(22-11-4-5-12-28-22)30-25(33)18-8-6-10-21(27)14-18/h4-6,8,10-12,14,19-20,23-24,29,31H,7,9,13,15-17H2,1-3H3,(H,30,33). The quantitative estimate of drug-likeness (QED) is 0.624. The zero-order valence-electron chi connectivity index (χ0n) is 19.9. The summed E-state index contributed by atoms with van der Waals surface area (Å²) in [5, 5.41) is 3.17. The van der Waals surface area contributed by atoms with Crippen molar-refractivity contribution in [2.24, 2.45) is 17.3 Å². The van der Waals surface area contributed by atoms with Gasteiger partial charge in [0, 0.05) is 43.4 Å². The van der Waals surface area contributed by atoms with E-state index >= 15 is 0 Å². The second-order valence-electron chi connectivity index (χ2n) is 10.5. The molecular weight excluding hydrogens is 417 g/mol. The Kier molecular flexibility index (Phi) is 7.41. The summed E-state index contributed by atoms with van der Waals surface area (Å²) in [5.74, 6) is 0.0906. The largest absolute Gasteiger partial charge is 0.343 e. The molecule has 2 saturated heterocycles. The van der Waals surface area contributed by atoms with Gasteiger partial charge >= 0.3 is 0 Å². The molecule has 1 aromatic heterocycles. The molecule has 1 amide bonds. The summed E-state index contributed by atoms with van der Waals surface area (Å²) in [6.07, 6.45) is 3.86. The average Bonchev–Trinajstić information content (AvgIpc) is 3.27. The van der Waals surface area contributed by atoms with Crippen LogP contribution >= 0.6 is 0 Å². The van der Waals surface area contributed by atoms with E-state index in [1.807, 2.05) is 18.2 Å². The van der Waals surface area contributed by atoms with E-state index in [2.05, 4.69) is 46.8 Å². The third-order valence-electron chi connectivity index (χ3n) is 6.91. The highest BCUT2D eigenvalue weighted by Crippen LogP contribution is 2.32. The fourth-order valence-corrected chi connectivity index (χ4v) is 5.34. The van der Waals surface area contributed by atoms with Gasteiger partial charge in [0.15, 0.2) is 0 Å². The molecule has 4 rings (SSSR count). The Morgan fingerprint density at radius 1 is 1.27 bits per heavy atom. The first kappa shape index (κ1) is 23.8. The summed E-state index contributed by atoms with van der Waals surface area (Å²) in [7, 11) is 0. The second kappa shape index (κ2) is 10.3. The van der Waals surface area contributed by atoms with Crippen LogP contribution in [-0.4, -0.2) is 48.0 Å². The van der Waals surface area contributed by atoms with Crippen LogP contribution in [0.3, 0.4) is 0 Å². The number of hydrogen-bond donors (Lipinski definition) is 3. The minimum atomic E-state index is -0.409. The lowest BCUT2D eigenvalue weighted by Crippen LogP contribution is -2.48. The molecule has 0 bridgehead atoms. The van der Waals surface area contributed by atoms with E-state index in [-0.39, 0.29) is 23.3 Å². The molecule has 3 N–H and O–H groups in total. The summed E-state index contributed by atoms with van der Waals surface area (Å²) in [4.78, 5) is 20.1. The van der Waals surface area contributed by atoms with Crippen molar-refractivity contribution in [1.29, 1.82) is 0 Å². The number of amides is 1. The van der Waals surface area contributed by atoms with E-state index in [0.717, 1.165) is 44.7 Å². The number of nitrogens with one attached hydrogen (secondary N) is 3. The predicted molar refractivity (Wildman–Crippen MR) is 128 cm³/mol.